The molecule has 32 heavy (non-hydrogen) atoms. The van der Waals surface area contributed by atoms with Crippen LogP contribution in [0.2, 0.25) is 0 Å². The van der Waals surface area contributed by atoms with Crippen molar-refractivity contribution in [2.45, 2.75) is 19.1 Å². The van der Waals surface area contributed by atoms with Crippen molar-refractivity contribution < 1.29 is 17.6 Å². The highest BCUT2D eigenvalue weighted by Crippen LogP contribution is 2.39. The van der Waals surface area contributed by atoms with Crippen molar-refractivity contribution in [3.8, 4) is 11.3 Å². The molecule has 0 unspecified atom stereocenters. The minimum atomic E-state index is -4.42. The van der Waals surface area contributed by atoms with Crippen molar-refractivity contribution in [3.63, 3.8) is 0 Å². The summed E-state index contributed by atoms with van der Waals surface area (Å²) in [6, 6.07) is 2.41. The SMILES string of the molecule is Fc1cnc(Nc2nc3c(s2)CCN(Cc2ccc(C(F)(F)F)cn2)c2[nH]ncc2-3)nc1. The number of nitrogens with zero attached hydrogens (tertiary/aromatic N) is 6. The Kier molecular flexibility index (Phi) is 4.96. The summed E-state index contributed by atoms with van der Waals surface area (Å²) >= 11 is 1.42. The fourth-order valence-corrected chi connectivity index (χ4v) is 4.30. The van der Waals surface area contributed by atoms with E-state index in [2.05, 4.69) is 35.5 Å². The minimum absolute atomic E-state index is 0.234. The first-order chi connectivity index (χ1) is 15.4. The predicted molar refractivity (Wildman–Crippen MR) is 109 cm³/mol. The van der Waals surface area contributed by atoms with Crippen LogP contribution in [0, 0.1) is 5.82 Å². The van der Waals surface area contributed by atoms with E-state index in [1.807, 2.05) is 4.90 Å². The van der Waals surface area contributed by atoms with Crippen LogP contribution in [0.3, 0.4) is 0 Å². The van der Waals surface area contributed by atoms with Crippen LogP contribution in [0.4, 0.5) is 34.5 Å². The molecule has 164 valence electrons. The van der Waals surface area contributed by atoms with Gasteiger partial charge in [0, 0.05) is 24.0 Å². The average Bonchev–Trinajstić information content (AvgIpc) is 3.37. The number of anilines is 3. The number of hydrogen-bond acceptors (Lipinski definition) is 8. The van der Waals surface area contributed by atoms with E-state index in [-0.39, 0.29) is 5.95 Å². The minimum Gasteiger partial charge on any atom is -0.350 e. The molecule has 0 amide bonds. The van der Waals surface area contributed by atoms with E-state index in [9.17, 15) is 17.6 Å². The number of H-pyrrole nitrogens is 1. The number of aromatic amines is 1. The van der Waals surface area contributed by atoms with E-state index in [1.54, 1.807) is 6.20 Å². The first kappa shape index (κ1) is 20.3. The summed E-state index contributed by atoms with van der Waals surface area (Å²) < 4.78 is 51.4. The summed E-state index contributed by atoms with van der Waals surface area (Å²) in [7, 11) is 0. The monoisotopic (exact) mass is 462 g/mol. The number of hydrogen-bond donors (Lipinski definition) is 2. The normalized spacial score (nSPS) is 13.4. The fourth-order valence-electron chi connectivity index (χ4n) is 3.34. The molecule has 0 spiro atoms. The number of thiazole rings is 1. The van der Waals surface area contributed by atoms with Crippen LogP contribution < -0.4 is 10.2 Å². The summed E-state index contributed by atoms with van der Waals surface area (Å²) in [5.41, 5.74) is 1.24. The second kappa shape index (κ2) is 7.82. The van der Waals surface area contributed by atoms with Gasteiger partial charge in [-0.2, -0.15) is 18.3 Å². The Bertz CT molecular complexity index is 1230. The maximum atomic E-state index is 13.0. The number of aromatic nitrogens is 6. The molecular formula is C19H14F4N8S. The third-order valence-corrected chi connectivity index (χ3v) is 5.87. The number of fused-ring (bicyclic) bond motifs is 3. The summed E-state index contributed by atoms with van der Waals surface area (Å²) in [6.45, 7) is 0.899. The summed E-state index contributed by atoms with van der Waals surface area (Å²) in [6.07, 6.45) is 0.862. The van der Waals surface area contributed by atoms with Gasteiger partial charge in [0.15, 0.2) is 10.9 Å². The Morgan fingerprint density at radius 3 is 2.62 bits per heavy atom. The summed E-state index contributed by atoms with van der Waals surface area (Å²) in [5, 5.41) is 10.6. The van der Waals surface area contributed by atoms with Crippen molar-refractivity contribution in [1.82, 2.24) is 30.1 Å². The molecule has 0 saturated carbocycles. The van der Waals surface area contributed by atoms with Gasteiger partial charge in [0.05, 0.1) is 47.7 Å². The third-order valence-electron chi connectivity index (χ3n) is 4.84. The molecule has 5 rings (SSSR count). The van der Waals surface area contributed by atoms with E-state index < -0.39 is 17.6 Å². The van der Waals surface area contributed by atoms with E-state index >= 15 is 0 Å². The predicted octanol–water partition coefficient (Wildman–Crippen LogP) is 4.18. The highest BCUT2D eigenvalue weighted by atomic mass is 32.1. The quantitative estimate of drug-likeness (QED) is 0.439. The largest absolute Gasteiger partial charge is 0.417 e. The van der Waals surface area contributed by atoms with Crippen LogP contribution >= 0.6 is 11.3 Å². The van der Waals surface area contributed by atoms with Gasteiger partial charge in [-0.25, -0.2) is 19.3 Å². The average molecular weight is 462 g/mol. The Morgan fingerprint density at radius 1 is 1.09 bits per heavy atom. The molecular weight excluding hydrogens is 448 g/mol. The van der Waals surface area contributed by atoms with Gasteiger partial charge in [-0.3, -0.25) is 10.1 Å². The summed E-state index contributed by atoms with van der Waals surface area (Å²) in [5.74, 6) is 0.411. The van der Waals surface area contributed by atoms with Crippen LogP contribution in [0.5, 0.6) is 0 Å². The number of halogens is 4. The second-order valence-corrected chi connectivity index (χ2v) is 8.06. The van der Waals surface area contributed by atoms with E-state index in [1.165, 1.54) is 17.4 Å². The standard InChI is InChI=1S/C19H14F4N8S/c20-11-6-25-17(26-7-11)29-18-28-15-13-8-27-30-16(13)31(4-3-14(15)32-18)9-12-2-1-10(5-24-12)19(21,22)23/h1-2,5-8H,3-4,9H2,(H,27,30)(H,25,26,28,29). The molecule has 1 aliphatic rings. The van der Waals surface area contributed by atoms with Crippen LogP contribution in [0.15, 0.2) is 36.9 Å². The zero-order valence-electron chi connectivity index (χ0n) is 16.2. The van der Waals surface area contributed by atoms with Gasteiger partial charge in [0.2, 0.25) is 5.95 Å². The molecule has 13 heteroatoms. The molecule has 4 aromatic heterocycles. The molecule has 0 fully saturated rings. The van der Waals surface area contributed by atoms with Gasteiger partial charge in [-0.1, -0.05) is 0 Å². The Morgan fingerprint density at radius 2 is 1.91 bits per heavy atom. The zero-order valence-corrected chi connectivity index (χ0v) is 17.0. The maximum Gasteiger partial charge on any atom is 0.417 e. The molecule has 2 N–H and O–H groups in total. The van der Waals surface area contributed by atoms with E-state index in [0.29, 0.717) is 36.2 Å². The molecule has 1 aliphatic heterocycles. The van der Waals surface area contributed by atoms with E-state index in [0.717, 1.165) is 40.8 Å². The van der Waals surface area contributed by atoms with Gasteiger partial charge in [-0.15, -0.1) is 11.3 Å². The summed E-state index contributed by atoms with van der Waals surface area (Å²) in [4.78, 5) is 19.3. The van der Waals surface area contributed by atoms with Crippen LogP contribution in [0.1, 0.15) is 16.1 Å². The van der Waals surface area contributed by atoms with E-state index in [4.69, 9.17) is 0 Å². The molecule has 0 radical (unpaired) electrons. The number of nitrogens with one attached hydrogen (secondary N) is 2. The highest BCUT2D eigenvalue weighted by molar-refractivity contribution is 7.16. The maximum absolute atomic E-state index is 13.0. The van der Waals surface area contributed by atoms with Crippen molar-refractivity contribution >= 4 is 28.2 Å². The van der Waals surface area contributed by atoms with Crippen LogP contribution in [-0.2, 0) is 19.1 Å². The van der Waals surface area contributed by atoms with Gasteiger partial charge >= 0.3 is 6.18 Å². The lowest BCUT2D eigenvalue weighted by atomic mass is 10.2. The number of rotatable bonds is 4. The van der Waals surface area contributed by atoms with Crippen molar-refractivity contribution in [2.24, 2.45) is 0 Å². The molecule has 0 saturated heterocycles. The van der Waals surface area contributed by atoms with Gasteiger partial charge < -0.3 is 10.2 Å². The molecule has 5 heterocycles. The van der Waals surface area contributed by atoms with Crippen LogP contribution in [0.25, 0.3) is 11.3 Å². The molecule has 8 nitrogen and oxygen atoms in total. The smallest absolute Gasteiger partial charge is 0.350 e. The molecule has 0 bridgehead atoms. The van der Waals surface area contributed by atoms with Gasteiger partial charge in [0.1, 0.15) is 5.82 Å². The molecule has 0 aliphatic carbocycles. The molecule has 4 aromatic rings. The lowest BCUT2D eigenvalue weighted by Gasteiger charge is -2.22. The molecule has 0 atom stereocenters. The van der Waals surface area contributed by atoms with Gasteiger partial charge in [-0.05, 0) is 12.1 Å². The lowest BCUT2D eigenvalue weighted by Crippen LogP contribution is -2.25. The van der Waals surface area contributed by atoms with Gasteiger partial charge in [0.25, 0.3) is 0 Å². The first-order valence-electron chi connectivity index (χ1n) is 9.42. The Hall–Kier alpha value is -3.61. The topological polar surface area (TPSA) is 95.5 Å². The lowest BCUT2D eigenvalue weighted by molar-refractivity contribution is -0.137. The van der Waals surface area contributed by atoms with Crippen molar-refractivity contribution in [1.29, 1.82) is 0 Å². The zero-order chi connectivity index (χ0) is 22.3. The Labute approximate surface area is 182 Å². The Balaban J connectivity index is 1.38. The molecule has 0 aromatic carbocycles. The first-order valence-corrected chi connectivity index (χ1v) is 10.2. The number of pyridine rings is 1. The van der Waals surface area contributed by atoms with Crippen LogP contribution in [-0.4, -0.2) is 36.7 Å². The third kappa shape index (κ3) is 3.98. The second-order valence-electron chi connectivity index (χ2n) is 6.98. The number of alkyl halides is 3. The van der Waals surface area contributed by atoms with Crippen molar-refractivity contribution in [2.75, 3.05) is 16.8 Å². The highest BCUT2D eigenvalue weighted by Gasteiger charge is 2.31. The van der Waals surface area contributed by atoms with Crippen molar-refractivity contribution in [3.05, 3.63) is 58.9 Å². The fraction of sp³-hybridized carbons (Fsp3) is 0.211.